The van der Waals surface area contributed by atoms with Crippen molar-refractivity contribution < 1.29 is 0 Å². The molecule has 0 amide bonds. The van der Waals surface area contributed by atoms with Gasteiger partial charge in [0.2, 0.25) is 0 Å². The van der Waals surface area contributed by atoms with Crippen LogP contribution in [-0.4, -0.2) is 9.78 Å². The van der Waals surface area contributed by atoms with Crippen molar-refractivity contribution in [2.24, 2.45) is 5.41 Å². The Hall–Kier alpha value is -1.50. The van der Waals surface area contributed by atoms with E-state index in [1.54, 1.807) is 0 Å². The topological polar surface area (TPSA) is 67.6 Å². The fourth-order valence-electron chi connectivity index (χ4n) is 2.28. The molecule has 1 heterocycles. The van der Waals surface area contributed by atoms with Gasteiger partial charge in [-0.3, -0.25) is 4.68 Å². The smallest absolute Gasteiger partial charge is 0.0822 e. The van der Waals surface area contributed by atoms with Gasteiger partial charge < -0.3 is 5.73 Å². The van der Waals surface area contributed by atoms with Crippen LogP contribution in [0.15, 0.2) is 6.20 Å². The van der Waals surface area contributed by atoms with Gasteiger partial charge in [0.25, 0.3) is 0 Å². The van der Waals surface area contributed by atoms with E-state index in [4.69, 9.17) is 5.73 Å². The van der Waals surface area contributed by atoms with Crippen molar-refractivity contribution in [3.05, 3.63) is 11.9 Å². The molecule has 0 saturated heterocycles. The molecule has 0 radical (unpaired) electrons. The number of nitrogens with two attached hydrogens (primary N) is 1. The number of aromatic nitrogens is 2. The van der Waals surface area contributed by atoms with Gasteiger partial charge in [-0.15, -0.1) is 0 Å². The highest BCUT2D eigenvalue weighted by atomic mass is 15.3. The molecule has 1 fully saturated rings. The zero-order valence-corrected chi connectivity index (χ0v) is 9.03. The van der Waals surface area contributed by atoms with Crippen LogP contribution in [0.5, 0.6) is 0 Å². The Bertz CT molecular complexity index is 374. The second-order valence-electron chi connectivity index (χ2n) is 4.47. The van der Waals surface area contributed by atoms with Crippen molar-refractivity contribution in [1.82, 2.24) is 9.78 Å². The van der Waals surface area contributed by atoms with E-state index in [1.165, 1.54) is 0 Å². The summed E-state index contributed by atoms with van der Waals surface area (Å²) in [5.41, 5.74) is 7.09. The van der Waals surface area contributed by atoms with Crippen molar-refractivity contribution in [3.8, 4) is 6.07 Å². The standard InChI is InChI=1S/C11H16N4/c1-9-10(13)6-15(14-9)8-11(7-12)4-2-3-5-11/h6H,2-5,8,13H2,1H3. The number of nitrogen functional groups attached to an aromatic ring is 1. The van der Waals surface area contributed by atoms with Gasteiger partial charge in [-0.1, -0.05) is 12.8 Å². The minimum atomic E-state index is -0.203. The Kier molecular flexibility index (Phi) is 2.39. The molecule has 4 nitrogen and oxygen atoms in total. The number of nitriles is 1. The molecule has 0 bridgehead atoms. The molecule has 2 N–H and O–H groups in total. The highest BCUT2D eigenvalue weighted by Crippen LogP contribution is 2.38. The van der Waals surface area contributed by atoms with Crippen LogP contribution in [0.1, 0.15) is 31.4 Å². The summed E-state index contributed by atoms with van der Waals surface area (Å²) in [7, 11) is 0. The van der Waals surface area contributed by atoms with Gasteiger partial charge in [-0.2, -0.15) is 10.4 Å². The molecule has 80 valence electrons. The first kappa shape index (κ1) is 10.0. The van der Waals surface area contributed by atoms with Gasteiger partial charge in [0.15, 0.2) is 0 Å². The highest BCUT2D eigenvalue weighted by Gasteiger charge is 2.34. The quantitative estimate of drug-likeness (QED) is 0.799. The molecule has 1 aromatic heterocycles. The molecule has 0 spiro atoms. The Morgan fingerprint density at radius 3 is 2.73 bits per heavy atom. The SMILES string of the molecule is Cc1nn(CC2(C#N)CCCC2)cc1N. The summed E-state index contributed by atoms with van der Waals surface area (Å²) in [6.07, 6.45) is 6.12. The molecule has 2 rings (SSSR count). The van der Waals surface area contributed by atoms with E-state index in [-0.39, 0.29) is 5.41 Å². The molecule has 1 aliphatic rings. The molecular formula is C11H16N4. The van der Waals surface area contributed by atoms with Gasteiger partial charge in [0.1, 0.15) is 0 Å². The first-order valence-corrected chi connectivity index (χ1v) is 5.36. The van der Waals surface area contributed by atoms with Crippen LogP contribution < -0.4 is 5.73 Å². The van der Waals surface area contributed by atoms with Gasteiger partial charge in [0, 0.05) is 6.20 Å². The summed E-state index contributed by atoms with van der Waals surface area (Å²) in [6.45, 7) is 2.57. The fourth-order valence-corrected chi connectivity index (χ4v) is 2.28. The third-order valence-electron chi connectivity index (χ3n) is 3.25. The third-order valence-corrected chi connectivity index (χ3v) is 3.25. The monoisotopic (exact) mass is 204 g/mol. The number of aryl methyl sites for hydroxylation is 1. The number of hydrogen-bond donors (Lipinski definition) is 1. The third kappa shape index (κ3) is 1.82. The highest BCUT2D eigenvalue weighted by molar-refractivity contribution is 5.39. The summed E-state index contributed by atoms with van der Waals surface area (Å²) < 4.78 is 1.82. The van der Waals surface area contributed by atoms with E-state index in [1.807, 2.05) is 17.8 Å². The zero-order valence-electron chi connectivity index (χ0n) is 9.03. The molecule has 15 heavy (non-hydrogen) atoms. The normalized spacial score (nSPS) is 18.9. The van der Waals surface area contributed by atoms with Crippen LogP contribution in [-0.2, 0) is 6.54 Å². The summed E-state index contributed by atoms with van der Waals surface area (Å²) in [5, 5.41) is 13.5. The first-order valence-electron chi connectivity index (χ1n) is 5.36. The minimum Gasteiger partial charge on any atom is -0.396 e. The molecule has 0 unspecified atom stereocenters. The lowest BCUT2D eigenvalue weighted by molar-refractivity contribution is 0.326. The Balaban J connectivity index is 2.17. The van der Waals surface area contributed by atoms with Crippen LogP contribution in [0.3, 0.4) is 0 Å². The average Bonchev–Trinajstić information content (AvgIpc) is 2.77. The second-order valence-corrected chi connectivity index (χ2v) is 4.47. The lowest BCUT2D eigenvalue weighted by Gasteiger charge is -2.19. The molecule has 0 aliphatic heterocycles. The molecular weight excluding hydrogens is 188 g/mol. The molecule has 0 aromatic carbocycles. The van der Waals surface area contributed by atoms with E-state index in [0.717, 1.165) is 31.4 Å². The largest absolute Gasteiger partial charge is 0.396 e. The van der Waals surface area contributed by atoms with Crippen molar-refractivity contribution in [3.63, 3.8) is 0 Å². The van der Waals surface area contributed by atoms with Crippen molar-refractivity contribution in [2.45, 2.75) is 39.2 Å². The van der Waals surface area contributed by atoms with Crippen molar-refractivity contribution in [1.29, 1.82) is 5.26 Å². The van der Waals surface area contributed by atoms with Crippen LogP contribution in [0.25, 0.3) is 0 Å². The van der Waals surface area contributed by atoms with Crippen LogP contribution >= 0.6 is 0 Å². The van der Waals surface area contributed by atoms with Gasteiger partial charge in [-0.05, 0) is 19.8 Å². The van der Waals surface area contributed by atoms with E-state index in [2.05, 4.69) is 11.2 Å². The van der Waals surface area contributed by atoms with Crippen LogP contribution in [0, 0.1) is 23.7 Å². The maximum Gasteiger partial charge on any atom is 0.0822 e. The summed E-state index contributed by atoms with van der Waals surface area (Å²) in [5.74, 6) is 0. The first-order chi connectivity index (χ1) is 7.15. The molecule has 4 heteroatoms. The minimum absolute atomic E-state index is 0.203. The zero-order chi connectivity index (χ0) is 10.9. The van der Waals surface area contributed by atoms with Gasteiger partial charge in [0.05, 0.1) is 29.4 Å². The Morgan fingerprint density at radius 1 is 1.60 bits per heavy atom. The van der Waals surface area contributed by atoms with Crippen molar-refractivity contribution >= 4 is 5.69 Å². The molecule has 1 saturated carbocycles. The maximum absolute atomic E-state index is 9.23. The molecule has 1 aromatic rings. The van der Waals surface area contributed by atoms with Gasteiger partial charge in [-0.25, -0.2) is 0 Å². The Morgan fingerprint density at radius 2 is 2.27 bits per heavy atom. The fraction of sp³-hybridized carbons (Fsp3) is 0.636. The number of hydrogen-bond acceptors (Lipinski definition) is 3. The van der Waals surface area contributed by atoms with Crippen LogP contribution in [0.4, 0.5) is 5.69 Å². The predicted octanol–water partition coefficient (Wildman–Crippen LogP) is 1.86. The van der Waals surface area contributed by atoms with E-state index < -0.39 is 0 Å². The number of nitrogens with zero attached hydrogens (tertiary/aromatic N) is 3. The van der Waals surface area contributed by atoms with Crippen LogP contribution in [0.2, 0.25) is 0 Å². The Labute approximate surface area is 89.7 Å². The maximum atomic E-state index is 9.23. The summed E-state index contributed by atoms with van der Waals surface area (Å²) >= 11 is 0. The lowest BCUT2D eigenvalue weighted by Crippen LogP contribution is -2.21. The average molecular weight is 204 g/mol. The van der Waals surface area contributed by atoms with E-state index >= 15 is 0 Å². The molecule has 1 aliphatic carbocycles. The number of rotatable bonds is 2. The summed E-state index contributed by atoms with van der Waals surface area (Å²) in [6, 6.07) is 2.45. The summed E-state index contributed by atoms with van der Waals surface area (Å²) in [4.78, 5) is 0. The predicted molar refractivity (Wildman–Crippen MR) is 57.9 cm³/mol. The van der Waals surface area contributed by atoms with E-state index in [0.29, 0.717) is 12.2 Å². The van der Waals surface area contributed by atoms with Crippen molar-refractivity contribution in [2.75, 3.05) is 5.73 Å². The number of anilines is 1. The molecule has 0 atom stereocenters. The van der Waals surface area contributed by atoms with E-state index in [9.17, 15) is 5.26 Å². The second kappa shape index (κ2) is 3.58. The van der Waals surface area contributed by atoms with Gasteiger partial charge >= 0.3 is 0 Å². The lowest BCUT2D eigenvalue weighted by atomic mass is 9.88.